The summed E-state index contributed by atoms with van der Waals surface area (Å²) in [7, 11) is 1.72. The summed E-state index contributed by atoms with van der Waals surface area (Å²) in [6.45, 7) is 4.24. The van der Waals surface area contributed by atoms with Crippen LogP contribution in [0.2, 0.25) is 10.0 Å². The lowest BCUT2D eigenvalue weighted by molar-refractivity contribution is 0.0549. The number of nitrogens with zero attached hydrogens (tertiary/aromatic N) is 2. The molecule has 0 aliphatic carbocycles. The van der Waals surface area contributed by atoms with Gasteiger partial charge in [-0.05, 0) is 60.2 Å². The van der Waals surface area contributed by atoms with E-state index in [4.69, 9.17) is 27.9 Å². The number of anilines is 1. The van der Waals surface area contributed by atoms with Crippen LogP contribution in [0.25, 0.3) is 10.9 Å². The molecule has 3 aromatic carbocycles. The summed E-state index contributed by atoms with van der Waals surface area (Å²) in [6.07, 6.45) is 3.44. The van der Waals surface area contributed by atoms with Crippen molar-refractivity contribution in [2.45, 2.75) is 6.54 Å². The Bertz CT molecular complexity index is 1380. The van der Waals surface area contributed by atoms with E-state index in [-0.39, 0.29) is 12.5 Å². The fourth-order valence-electron chi connectivity index (χ4n) is 3.72. The highest BCUT2D eigenvalue weighted by atomic mass is 35.5. The van der Waals surface area contributed by atoms with E-state index in [1.165, 1.54) is 6.08 Å². The summed E-state index contributed by atoms with van der Waals surface area (Å²) >= 11 is 12.3. The van der Waals surface area contributed by atoms with Crippen molar-refractivity contribution in [3.63, 3.8) is 0 Å². The Morgan fingerprint density at radius 1 is 1.03 bits per heavy atom. The largest absolute Gasteiger partial charge is 0.458 e. The lowest BCUT2D eigenvalue weighted by atomic mass is 10.1. The molecular formula is C27H23Cl2N3O3. The molecule has 6 nitrogen and oxygen atoms in total. The van der Waals surface area contributed by atoms with Crippen LogP contribution in [0.5, 0.6) is 0 Å². The van der Waals surface area contributed by atoms with E-state index < -0.39 is 5.97 Å². The lowest BCUT2D eigenvalue weighted by Gasteiger charge is -2.21. The second-order valence-electron chi connectivity index (χ2n) is 7.90. The third-order valence-electron chi connectivity index (χ3n) is 5.43. The molecule has 0 saturated carbocycles. The molecule has 4 aromatic rings. The molecule has 0 spiro atoms. The first-order chi connectivity index (χ1) is 16.9. The van der Waals surface area contributed by atoms with Gasteiger partial charge in [0.2, 0.25) is 0 Å². The number of aromatic nitrogens is 1. The summed E-state index contributed by atoms with van der Waals surface area (Å²) in [5.41, 5.74) is 6.25. The molecule has 0 atom stereocenters. The predicted molar refractivity (Wildman–Crippen MR) is 140 cm³/mol. The quantitative estimate of drug-likeness (QED) is 0.177. The van der Waals surface area contributed by atoms with Gasteiger partial charge in [0.1, 0.15) is 6.61 Å². The third-order valence-corrected chi connectivity index (χ3v) is 5.90. The highest BCUT2D eigenvalue weighted by molar-refractivity contribution is 6.32. The summed E-state index contributed by atoms with van der Waals surface area (Å²) in [6, 6.07) is 19.7. The van der Waals surface area contributed by atoms with Gasteiger partial charge in [-0.1, -0.05) is 48.0 Å². The van der Waals surface area contributed by atoms with Crippen molar-refractivity contribution in [3.05, 3.63) is 112 Å². The molecule has 178 valence electrons. The van der Waals surface area contributed by atoms with Gasteiger partial charge in [-0.25, -0.2) is 4.79 Å². The smallest absolute Gasteiger partial charge is 0.338 e. The summed E-state index contributed by atoms with van der Waals surface area (Å²) in [4.78, 5) is 25.3. The van der Waals surface area contributed by atoms with Crippen LogP contribution in [-0.4, -0.2) is 30.1 Å². The highest BCUT2D eigenvalue weighted by Crippen LogP contribution is 2.27. The number of hydrogen-bond donors (Lipinski definition) is 1. The van der Waals surface area contributed by atoms with Crippen LogP contribution in [0, 0.1) is 0 Å². The molecule has 1 heterocycles. The van der Waals surface area contributed by atoms with Gasteiger partial charge in [-0.15, -0.1) is 0 Å². The van der Waals surface area contributed by atoms with E-state index in [1.54, 1.807) is 42.4 Å². The average molecular weight is 508 g/mol. The SMILES string of the molecule is C=CCOC(=O)c1ccc(N(C)NC(=O)c2cc(Cl)cc3ccn(Cc4ccc(Cl)cc4)c23)cc1. The number of carbonyl (C=O) groups is 2. The predicted octanol–water partition coefficient (Wildman–Crippen LogP) is 6.12. The van der Waals surface area contributed by atoms with Gasteiger partial charge in [-0.2, -0.15) is 0 Å². The zero-order valence-electron chi connectivity index (χ0n) is 19.0. The van der Waals surface area contributed by atoms with Crippen LogP contribution in [0.4, 0.5) is 5.69 Å². The first kappa shape index (κ1) is 24.4. The van der Waals surface area contributed by atoms with Crippen molar-refractivity contribution in [1.29, 1.82) is 0 Å². The Kier molecular flexibility index (Phi) is 7.44. The van der Waals surface area contributed by atoms with Crippen molar-refractivity contribution in [3.8, 4) is 0 Å². The first-order valence-electron chi connectivity index (χ1n) is 10.8. The van der Waals surface area contributed by atoms with Gasteiger partial charge in [0.05, 0.1) is 22.3 Å². The Hall–Kier alpha value is -3.74. The van der Waals surface area contributed by atoms with Crippen LogP contribution in [0.3, 0.4) is 0 Å². The molecule has 4 rings (SSSR count). The molecule has 0 saturated heterocycles. The van der Waals surface area contributed by atoms with Gasteiger partial charge >= 0.3 is 5.97 Å². The molecule has 8 heteroatoms. The van der Waals surface area contributed by atoms with Crippen LogP contribution in [-0.2, 0) is 11.3 Å². The second kappa shape index (κ2) is 10.7. The normalized spacial score (nSPS) is 10.7. The highest BCUT2D eigenvalue weighted by Gasteiger charge is 2.17. The fourth-order valence-corrected chi connectivity index (χ4v) is 4.07. The monoisotopic (exact) mass is 507 g/mol. The number of benzene rings is 3. The molecule has 0 fully saturated rings. The topological polar surface area (TPSA) is 63.6 Å². The number of carbonyl (C=O) groups excluding carboxylic acids is 2. The van der Waals surface area contributed by atoms with Crippen molar-refractivity contribution in [1.82, 2.24) is 9.99 Å². The first-order valence-corrected chi connectivity index (χ1v) is 11.6. The molecule has 0 unspecified atom stereocenters. The number of nitrogens with one attached hydrogen (secondary N) is 1. The number of halogens is 2. The summed E-state index contributed by atoms with van der Waals surface area (Å²) < 4.78 is 7.05. The minimum Gasteiger partial charge on any atom is -0.458 e. The summed E-state index contributed by atoms with van der Waals surface area (Å²) in [5, 5.41) is 3.58. The molecule has 1 amide bonds. The second-order valence-corrected chi connectivity index (χ2v) is 8.77. The zero-order valence-corrected chi connectivity index (χ0v) is 20.5. The number of hydrogen-bond acceptors (Lipinski definition) is 4. The lowest BCUT2D eigenvalue weighted by Crippen LogP contribution is -2.39. The molecule has 1 aromatic heterocycles. The van der Waals surface area contributed by atoms with E-state index in [9.17, 15) is 9.59 Å². The minimum absolute atomic E-state index is 0.143. The van der Waals surface area contributed by atoms with Gasteiger partial charge in [0.15, 0.2) is 0 Å². The number of hydrazine groups is 1. The Balaban J connectivity index is 1.56. The Morgan fingerprint density at radius 2 is 1.74 bits per heavy atom. The Labute approximate surface area is 213 Å². The van der Waals surface area contributed by atoms with Gasteiger partial charge < -0.3 is 9.30 Å². The summed E-state index contributed by atoms with van der Waals surface area (Å²) in [5.74, 6) is -0.753. The van der Waals surface area contributed by atoms with Gasteiger partial charge in [-0.3, -0.25) is 15.2 Å². The van der Waals surface area contributed by atoms with Crippen LogP contribution in [0.15, 0.2) is 85.6 Å². The van der Waals surface area contributed by atoms with Crippen molar-refractivity contribution in [2.75, 3.05) is 18.7 Å². The number of esters is 1. The fraction of sp³-hybridized carbons (Fsp3) is 0.111. The van der Waals surface area contributed by atoms with E-state index in [0.717, 1.165) is 16.5 Å². The number of amides is 1. The third kappa shape index (κ3) is 5.67. The molecule has 0 aliphatic heterocycles. The molecule has 0 radical (unpaired) electrons. The molecular weight excluding hydrogens is 485 g/mol. The zero-order chi connectivity index (χ0) is 24.9. The average Bonchev–Trinajstić information content (AvgIpc) is 3.25. The van der Waals surface area contributed by atoms with E-state index in [0.29, 0.717) is 33.4 Å². The maximum atomic E-state index is 13.3. The van der Waals surface area contributed by atoms with Crippen LogP contribution < -0.4 is 10.4 Å². The van der Waals surface area contributed by atoms with Crippen LogP contribution in [0.1, 0.15) is 26.3 Å². The Morgan fingerprint density at radius 3 is 2.43 bits per heavy atom. The van der Waals surface area contributed by atoms with E-state index in [2.05, 4.69) is 12.0 Å². The van der Waals surface area contributed by atoms with Crippen molar-refractivity contribution < 1.29 is 14.3 Å². The standard InChI is InChI=1S/C27H23Cl2N3O3/c1-3-14-35-27(34)19-6-10-23(11-7-19)31(2)30-26(33)24-16-22(29)15-20-12-13-32(25(20)24)17-18-4-8-21(28)9-5-18/h3-13,15-16H,1,14,17H2,2H3,(H,30,33). The van der Waals surface area contributed by atoms with Gasteiger partial charge in [0.25, 0.3) is 5.91 Å². The number of rotatable bonds is 8. The number of ether oxygens (including phenoxy) is 1. The van der Waals surface area contributed by atoms with E-state index >= 15 is 0 Å². The van der Waals surface area contributed by atoms with Crippen molar-refractivity contribution in [2.24, 2.45) is 0 Å². The van der Waals surface area contributed by atoms with Gasteiger partial charge in [0, 0.05) is 35.2 Å². The van der Waals surface area contributed by atoms with E-state index in [1.807, 2.05) is 47.2 Å². The van der Waals surface area contributed by atoms with Crippen molar-refractivity contribution >= 4 is 51.7 Å². The molecule has 1 N–H and O–H groups in total. The maximum absolute atomic E-state index is 13.3. The number of fused-ring (bicyclic) bond motifs is 1. The maximum Gasteiger partial charge on any atom is 0.338 e. The molecule has 35 heavy (non-hydrogen) atoms. The molecule has 0 aliphatic rings. The van der Waals surface area contributed by atoms with Crippen LogP contribution >= 0.6 is 23.2 Å². The minimum atomic E-state index is -0.439. The molecule has 0 bridgehead atoms.